The van der Waals surface area contributed by atoms with Crippen molar-refractivity contribution in [3.05, 3.63) is 59.3 Å². The minimum atomic E-state index is -0.0768. The van der Waals surface area contributed by atoms with E-state index in [0.717, 1.165) is 18.4 Å². The van der Waals surface area contributed by atoms with E-state index in [1.165, 1.54) is 16.6 Å². The van der Waals surface area contributed by atoms with E-state index < -0.39 is 0 Å². The first-order valence-electron chi connectivity index (χ1n) is 8.92. The first kappa shape index (κ1) is 15.3. The molecule has 1 saturated carbocycles. The Hall–Kier alpha value is -2.95. The second-order valence-electron chi connectivity index (χ2n) is 7.20. The number of carbonyl (C=O) groups excluding carboxylic acids is 1. The van der Waals surface area contributed by atoms with E-state index in [1.54, 1.807) is 18.2 Å². The zero-order chi connectivity index (χ0) is 17.7. The number of amides is 1. The fraction of sp³-hybridized carbons (Fsp3) is 0.286. The van der Waals surface area contributed by atoms with Gasteiger partial charge in [0.15, 0.2) is 11.5 Å². The van der Waals surface area contributed by atoms with Crippen LogP contribution < -0.4 is 14.8 Å². The molecule has 3 aromatic rings. The van der Waals surface area contributed by atoms with Gasteiger partial charge >= 0.3 is 0 Å². The highest BCUT2D eigenvalue weighted by atomic mass is 16.7. The Kier molecular flexibility index (Phi) is 3.26. The Morgan fingerprint density at radius 1 is 1.15 bits per heavy atom. The van der Waals surface area contributed by atoms with E-state index in [0.29, 0.717) is 23.6 Å². The normalized spacial score (nSPS) is 16.7. The number of aryl methyl sites for hydroxylation is 1. The Balaban J connectivity index is 1.38. The number of nitrogens with one attached hydrogen (secondary N) is 2. The second kappa shape index (κ2) is 5.53. The molecule has 0 spiro atoms. The summed E-state index contributed by atoms with van der Waals surface area (Å²) in [6, 6.07) is 13.7. The summed E-state index contributed by atoms with van der Waals surface area (Å²) in [6.07, 6.45) is 2.19. The average Bonchev–Trinajstić information content (AvgIpc) is 3.13. The molecule has 0 atom stereocenters. The Morgan fingerprint density at radius 3 is 2.81 bits per heavy atom. The van der Waals surface area contributed by atoms with Crippen molar-refractivity contribution >= 4 is 16.8 Å². The third-order valence-electron chi connectivity index (χ3n) is 5.50. The lowest BCUT2D eigenvalue weighted by Gasteiger charge is -2.17. The van der Waals surface area contributed by atoms with Crippen molar-refractivity contribution in [2.45, 2.75) is 25.2 Å². The molecule has 5 heteroatoms. The number of aromatic nitrogens is 1. The van der Waals surface area contributed by atoms with E-state index in [1.807, 2.05) is 6.07 Å². The highest BCUT2D eigenvalue weighted by Crippen LogP contribution is 2.51. The van der Waals surface area contributed by atoms with Gasteiger partial charge in [-0.25, -0.2) is 0 Å². The van der Waals surface area contributed by atoms with Crippen LogP contribution in [0.2, 0.25) is 0 Å². The maximum atomic E-state index is 12.6. The smallest absolute Gasteiger partial charge is 0.251 e. The summed E-state index contributed by atoms with van der Waals surface area (Å²) in [6.45, 7) is 2.97. The molecule has 5 nitrogen and oxygen atoms in total. The van der Waals surface area contributed by atoms with Crippen LogP contribution in [0.3, 0.4) is 0 Å². The Morgan fingerprint density at radius 2 is 1.96 bits per heavy atom. The number of aromatic amines is 1. The van der Waals surface area contributed by atoms with E-state index in [4.69, 9.17) is 9.47 Å². The number of hydrogen-bond acceptors (Lipinski definition) is 3. The van der Waals surface area contributed by atoms with Crippen LogP contribution >= 0.6 is 0 Å². The number of para-hydroxylation sites is 1. The SMILES string of the molecule is Cc1[nH]c2ccccc2c1C1(CNC(=O)c2ccc3c(c2)OCO3)CC1. The molecule has 26 heavy (non-hydrogen) atoms. The summed E-state index contributed by atoms with van der Waals surface area (Å²) in [4.78, 5) is 16.1. The molecule has 2 N–H and O–H groups in total. The molecular formula is C21H20N2O3. The van der Waals surface area contributed by atoms with E-state index in [2.05, 4.69) is 35.4 Å². The van der Waals surface area contributed by atoms with Gasteiger partial charge in [-0.1, -0.05) is 18.2 Å². The van der Waals surface area contributed by atoms with Crippen molar-refractivity contribution in [1.82, 2.24) is 10.3 Å². The molecule has 0 saturated heterocycles. The number of carbonyl (C=O) groups is 1. The first-order chi connectivity index (χ1) is 12.7. The van der Waals surface area contributed by atoms with Crippen LogP contribution in [0.1, 0.15) is 34.5 Å². The molecule has 2 aliphatic rings. The number of benzene rings is 2. The average molecular weight is 348 g/mol. The predicted octanol–water partition coefficient (Wildman–Crippen LogP) is 3.67. The third kappa shape index (κ3) is 2.35. The minimum Gasteiger partial charge on any atom is -0.454 e. The zero-order valence-corrected chi connectivity index (χ0v) is 14.6. The van der Waals surface area contributed by atoms with Gasteiger partial charge in [-0.2, -0.15) is 0 Å². The molecule has 0 bridgehead atoms. The van der Waals surface area contributed by atoms with Gasteiger partial charge in [-0.15, -0.1) is 0 Å². The molecule has 2 aromatic carbocycles. The fourth-order valence-corrected chi connectivity index (χ4v) is 4.02. The maximum Gasteiger partial charge on any atom is 0.251 e. The molecule has 1 fully saturated rings. The van der Waals surface area contributed by atoms with Gasteiger partial charge in [0.25, 0.3) is 5.91 Å². The monoisotopic (exact) mass is 348 g/mol. The van der Waals surface area contributed by atoms with Crippen LogP contribution in [0.4, 0.5) is 0 Å². The summed E-state index contributed by atoms with van der Waals surface area (Å²) >= 11 is 0. The first-order valence-corrected chi connectivity index (χ1v) is 8.92. The standard InChI is InChI=1S/C21H20N2O3/c1-13-19(15-4-2-3-5-16(15)23-13)21(8-9-21)11-22-20(24)14-6-7-17-18(10-14)26-12-25-17/h2-7,10,23H,8-9,11-12H2,1H3,(H,22,24). The topological polar surface area (TPSA) is 63.4 Å². The lowest BCUT2D eigenvalue weighted by Crippen LogP contribution is -2.32. The Bertz CT molecular complexity index is 1020. The van der Waals surface area contributed by atoms with Crippen LogP contribution in [0.15, 0.2) is 42.5 Å². The summed E-state index contributed by atoms with van der Waals surface area (Å²) in [5, 5.41) is 4.39. The van der Waals surface area contributed by atoms with E-state index in [9.17, 15) is 4.79 Å². The van der Waals surface area contributed by atoms with Gasteiger partial charge < -0.3 is 19.8 Å². The van der Waals surface area contributed by atoms with Gasteiger partial charge in [0.05, 0.1) is 0 Å². The van der Waals surface area contributed by atoms with Crippen molar-refractivity contribution in [3.8, 4) is 11.5 Å². The number of fused-ring (bicyclic) bond motifs is 2. The fourth-order valence-electron chi connectivity index (χ4n) is 4.02. The maximum absolute atomic E-state index is 12.6. The predicted molar refractivity (Wildman–Crippen MR) is 98.8 cm³/mol. The van der Waals surface area contributed by atoms with Gasteiger partial charge in [0.1, 0.15) is 0 Å². The molecule has 2 heterocycles. The van der Waals surface area contributed by atoms with Crippen molar-refractivity contribution in [1.29, 1.82) is 0 Å². The third-order valence-corrected chi connectivity index (χ3v) is 5.50. The Labute approximate surface area is 151 Å². The highest BCUT2D eigenvalue weighted by molar-refractivity contribution is 5.95. The molecule has 0 unspecified atom stereocenters. The van der Waals surface area contributed by atoms with Crippen LogP contribution in [-0.2, 0) is 5.41 Å². The zero-order valence-electron chi connectivity index (χ0n) is 14.6. The summed E-state index contributed by atoms with van der Waals surface area (Å²) < 4.78 is 10.7. The molecule has 1 aliphatic carbocycles. The summed E-state index contributed by atoms with van der Waals surface area (Å²) in [5.74, 6) is 1.24. The number of H-pyrrole nitrogens is 1. The molecule has 0 radical (unpaired) electrons. The van der Waals surface area contributed by atoms with E-state index >= 15 is 0 Å². The molecule has 132 valence electrons. The van der Waals surface area contributed by atoms with Crippen LogP contribution in [0.5, 0.6) is 11.5 Å². The molecule has 1 amide bonds. The van der Waals surface area contributed by atoms with Crippen molar-refractivity contribution in [2.24, 2.45) is 0 Å². The van der Waals surface area contributed by atoms with Crippen molar-refractivity contribution < 1.29 is 14.3 Å². The summed E-state index contributed by atoms with van der Waals surface area (Å²) in [7, 11) is 0. The lowest BCUT2D eigenvalue weighted by molar-refractivity contribution is 0.0949. The van der Waals surface area contributed by atoms with Gasteiger partial charge in [0.2, 0.25) is 6.79 Å². The van der Waals surface area contributed by atoms with Gasteiger partial charge in [-0.05, 0) is 49.6 Å². The second-order valence-corrected chi connectivity index (χ2v) is 7.20. The quantitative estimate of drug-likeness (QED) is 0.756. The summed E-state index contributed by atoms with van der Waals surface area (Å²) in [5.41, 5.74) is 4.34. The highest BCUT2D eigenvalue weighted by Gasteiger charge is 2.47. The molecular weight excluding hydrogens is 328 g/mol. The number of rotatable bonds is 4. The molecule has 1 aliphatic heterocycles. The number of ether oxygens (including phenoxy) is 2. The number of hydrogen-bond donors (Lipinski definition) is 2. The lowest BCUT2D eigenvalue weighted by atomic mass is 9.93. The van der Waals surface area contributed by atoms with Crippen LogP contribution in [0.25, 0.3) is 10.9 Å². The van der Waals surface area contributed by atoms with Crippen LogP contribution in [0, 0.1) is 6.92 Å². The molecule has 1 aromatic heterocycles. The van der Waals surface area contributed by atoms with Gasteiger partial charge in [0, 0.05) is 34.1 Å². The molecule has 5 rings (SSSR count). The largest absolute Gasteiger partial charge is 0.454 e. The van der Waals surface area contributed by atoms with Crippen molar-refractivity contribution in [2.75, 3.05) is 13.3 Å². The van der Waals surface area contributed by atoms with E-state index in [-0.39, 0.29) is 18.1 Å². The van der Waals surface area contributed by atoms with Crippen LogP contribution in [-0.4, -0.2) is 24.2 Å². The minimum absolute atomic E-state index is 0.0374. The van der Waals surface area contributed by atoms with Crippen molar-refractivity contribution in [3.63, 3.8) is 0 Å². The van der Waals surface area contributed by atoms with Gasteiger partial charge in [-0.3, -0.25) is 4.79 Å².